The Bertz CT molecular complexity index is 1030. The molecule has 0 aliphatic heterocycles. The standard InChI is InChI=1S/C17H19N3O4S2/c1-3-20(4-2)26(22,23)14-7-8-16(21)19(11-14)10-13-12-24-17(18-13)15-6-5-9-25-15/h5-9,11-12H,3-4,10H2,1-2H3. The summed E-state index contributed by atoms with van der Waals surface area (Å²) in [7, 11) is -3.63. The van der Waals surface area contributed by atoms with Crippen molar-refractivity contribution >= 4 is 21.4 Å². The number of sulfonamides is 1. The number of rotatable bonds is 7. The van der Waals surface area contributed by atoms with Crippen LogP contribution in [0.5, 0.6) is 0 Å². The molecular weight excluding hydrogens is 374 g/mol. The molecule has 9 heteroatoms. The van der Waals surface area contributed by atoms with Crippen LogP contribution in [0.4, 0.5) is 0 Å². The Labute approximate surface area is 155 Å². The van der Waals surface area contributed by atoms with Crippen molar-refractivity contribution in [1.82, 2.24) is 13.9 Å². The molecule has 26 heavy (non-hydrogen) atoms. The monoisotopic (exact) mass is 393 g/mol. The summed E-state index contributed by atoms with van der Waals surface area (Å²) in [5, 5.41) is 1.92. The first-order valence-electron chi connectivity index (χ1n) is 8.14. The molecular formula is C17H19N3O4S2. The van der Waals surface area contributed by atoms with Crippen LogP contribution >= 0.6 is 11.3 Å². The van der Waals surface area contributed by atoms with Crippen molar-refractivity contribution in [2.45, 2.75) is 25.3 Å². The van der Waals surface area contributed by atoms with Gasteiger partial charge in [0.2, 0.25) is 15.9 Å². The van der Waals surface area contributed by atoms with Gasteiger partial charge in [0.15, 0.2) is 0 Å². The van der Waals surface area contributed by atoms with E-state index in [2.05, 4.69) is 4.98 Å². The smallest absolute Gasteiger partial charge is 0.250 e. The SMILES string of the molecule is CCN(CC)S(=O)(=O)c1ccc(=O)n(Cc2coc(-c3cccs3)n2)c1. The Hall–Kier alpha value is -2.23. The van der Waals surface area contributed by atoms with E-state index < -0.39 is 10.0 Å². The summed E-state index contributed by atoms with van der Waals surface area (Å²) in [6, 6.07) is 6.39. The highest BCUT2D eigenvalue weighted by Crippen LogP contribution is 2.23. The minimum absolute atomic E-state index is 0.0859. The Morgan fingerprint density at radius 2 is 2.00 bits per heavy atom. The van der Waals surface area contributed by atoms with Crippen molar-refractivity contribution in [3.8, 4) is 10.8 Å². The Morgan fingerprint density at radius 3 is 2.65 bits per heavy atom. The summed E-state index contributed by atoms with van der Waals surface area (Å²) in [6.45, 7) is 4.42. The average molecular weight is 393 g/mol. The molecule has 0 aliphatic carbocycles. The van der Waals surface area contributed by atoms with Crippen LogP contribution in [-0.2, 0) is 16.6 Å². The maximum atomic E-state index is 12.6. The highest BCUT2D eigenvalue weighted by atomic mass is 32.2. The maximum Gasteiger partial charge on any atom is 0.250 e. The van der Waals surface area contributed by atoms with Gasteiger partial charge in [0, 0.05) is 25.4 Å². The lowest BCUT2D eigenvalue weighted by molar-refractivity contribution is 0.444. The second-order valence-electron chi connectivity index (χ2n) is 5.54. The molecule has 0 spiro atoms. The van der Waals surface area contributed by atoms with Crippen LogP contribution < -0.4 is 5.56 Å². The Morgan fingerprint density at radius 1 is 1.23 bits per heavy atom. The lowest BCUT2D eigenvalue weighted by Gasteiger charge is -2.18. The highest BCUT2D eigenvalue weighted by molar-refractivity contribution is 7.89. The molecule has 3 aromatic heterocycles. The fourth-order valence-corrected chi connectivity index (χ4v) is 4.70. The molecule has 0 saturated heterocycles. The first-order valence-corrected chi connectivity index (χ1v) is 10.5. The normalized spacial score (nSPS) is 12.0. The lowest BCUT2D eigenvalue weighted by atomic mass is 10.4. The van der Waals surface area contributed by atoms with Crippen LogP contribution in [0.25, 0.3) is 10.8 Å². The molecule has 0 N–H and O–H groups in total. The van der Waals surface area contributed by atoms with E-state index in [1.165, 1.54) is 44.8 Å². The predicted molar refractivity (Wildman–Crippen MR) is 99.7 cm³/mol. The summed E-state index contributed by atoms with van der Waals surface area (Å²) >= 11 is 1.50. The largest absolute Gasteiger partial charge is 0.443 e. The van der Waals surface area contributed by atoms with E-state index in [1.54, 1.807) is 13.8 Å². The number of aromatic nitrogens is 2. The summed E-state index contributed by atoms with van der Waals surface area (Å²) in [5.74, 6) is 0.481. The number of oxazole rings is 1. The van der Waals surface area contributed by atoms with Gasteiger partial charge in [-0.1, -0.05) is 19.9 Å². The summed E-state index contributed by atoms with van der Waals surface area (Å²) < 4.78 is 33.4. The molecule has 0 fully saturated rings. The van der Waals surface area contributed by atoms with E-state index in [4.69, 9.17) is 4.42 Å². The third-order valence-corrected chi connectivity index (χ3v) is 6.81. The van der Waals surface area contributed by atoms with Crippen molar-refractivity contribution in [1.29, 1.82) is 0 Å². The molecule has 0 unspecified atom stereocenters. The Kier molecular flexibility index (Phi) is 5.40. The van der Waals surface area contributed by atoms with Crippen LogP contribution in [0.2, 0.25) is 0 Å². The number of nitrogens with zero attached hydrogens (tertiary/aromatic N) is 3. The lowest BCUT2D eigenvalue weighted by Crippen LogP contribution is -2.32. The first-order chi connectivity index (χ1) is 12.5. The van der Waals surface area contributed by atoms with Gasteiger partial charge in [-0.05, 0) is 17.5 Å². The zero-order chi connectivity index (χ0) is 18.7. The van der Waals surface area contributed by atoms with E-state index in [1.807, 2.05) is 17.5 Å². The van der Waals surface area contributed by atoms with Gasteiger partial charge in [0.05, 0.1) is 22.0 Å². The van der Waals surface area contributed by atoms with Gasteiger partial charge in [0.25, 0.3) is 5.56 Å². The van der Waals surface area contributed by atoms with Crippen molar-refractivity contribution in [3.63, 3.8) is 0 Å². The minimum Gasteiger partial charge on any atom is -0.443 e. The molecule has 0 atom stereocenters. The van der Waals surface area contributed by atoms with Crippen molar-refractivity contribution in [2.75, 3.05) is 13.1 Å². The van der Waals surface area contributed by atoms with E-state index in [0.29, 0.717) is 24.7 Å². The predicted octanol–water partition coefficient (Wildman–Crippen LogP) is 2.64. The third-order valence-electron chi connectivity index (χ3n) is 3.92. The van der Waals surface area contributed by atoms with Gasteiger partial charge in [-0.15, -0.1) is 11.3 Å². The fourth-order valence-electron chi connectivity index (χ4n) is 2.57. The highest BCUT2D eigenvalue weighted by Gasteiger charge is 2.22. The summed E-state index contributed by atoms with van der Waals surface area (Å²) in [4.78, 5) is 17.5. The van der Waals surface area contributed by atoms with E-state index in [-0.39, 0.29) is 17.0 Å². The molecule has 0 saturated carbocycles. The van der Waals surface area contributed by atoms with Gasteiger partial charge in [-0.2, -0.15) is 4.31 Å². The zero-order valence-corrected chi connectivity index (χ0v) is 16.1. The van der Waals surface area contributed by atoms with Crippen LogP contribution in [-0.4, -0.2) is 35.4 Å². The number of thiophene rings is 1. The summed E-state index contributed by atoms with van der Waals surface area (Å²) in [5.41, 5.74) is 0.247. The van der Waals surface area contributed by atoms with Gasteiger partial charge in [0.1, 0.15) is 6.26 Å². The average Bonchev–Trinajstić information content (AvgIpc) is 3.29. The van der Waals surface area contributed by atoms with Gasteiger partial charge in [-0.25, -0.2) is 13.4 Å². The first kappa shape index (κ1) is 18.6. The molecule has 0 radical (unpaired) electrons. The van der Waals surface area contributed by atoms with E-state index >= 15 is 0 Å². The Balaban J connectivity index is 1.91. The van der Waals surface area contributed by atoms with Crippen molar-refractivity contribution < 1.29 is 12.8 Å². The van der Waals surface area contributed by atoms with Crippen LogP contribution in [0.1, 0.15) is 19.5 Å². The quantitative estimate of drug-likeness (QED) is 0.616. The van der Waals surface area contributed by atoms with Gasteiger partial charge >= 0.3 is 0 Å². The molecule has 3 heterocycles. The third kappa shape index (κ3) is 3.64. The van der Waals surface area contributed by atoms with E-state index in [9.17, 15) is 13.2 Å². The number of hydrogen-bond donors (Lipinski definition) is 0. The fraction of sp³-hybridized carbons (Fsp3) is 0.294. The second-order valence-corrected chi connectivity index (χ2v) is 8.43. The molecule has 3 rings (SSSR count). The van der Waals surface area contributed by atoms with Gasteiger partial charge < -0.3 is 8.98 Å². The second kappa shape index (κ2) is 7.56. The minimum atomic E-state index is -3.63. The van der Waals surface area contributed by atoms with Gasteiger partial charge in [-0.3, -0.25) is 4.79 Å². The molecule has 3 aromatic rings. The van der Waals surface area contributed by atoms with Crippen LogP contribution in [0.3, 0.4) is 0 Å². The molecule has 0 aliphatic rings. The molecule has 0 bridgehead atoms. The van der Waals surface area contributed by atoms with Crippen molar-refractivity contribution in [3.05, 3.63) is 58.2 Å². The molecule has 0 amide bonds. The maximum absolute atomic E-state index is 12.6. The van der Waals surface area contributed by atoms with Crippen LogP contribution in [0.15, 0.2) is 56.2 Å². The molecule has 138 valence electrons. The molecule has 0 aromatic carbocycles. The number of pyridine rings is 1. The van der Waals surface area contributed by atoms with Crippen molar-refractivity contribution in [2.24, 2.45) is 0 Å². The van der Waals surface area contributed by atoms with Crippen LogP contribution in [0, 0.1) is 0 Å². The zero-order valence-electron chi connectivity index (χ0n) is 14.5. The topological polar surface area (TPSA) is 85.4 Å². The summed E-state index contributed by atoms with van der Waals surface area (Å²) in [6.07, 6.45) is 2.84. The van der Waals surface area contributed by atoms with E-state index in [0.717, 1.165) is 4.88 Å². The molecule has 7 nitrogen and oxygen atoms in total. The number of hydrogen-bond acceptors (Lipinski definition) is 6.